The first kappa shape index (κ1) is 13.5. The first-order valence-corrected chi connectivity index (χ1v) is 7.33. The maximum Gasteiger partial charge on any atom is 0.170 e. The first-order valence-electron chi connectivity index (χ1n) is 5.67. The lowest BCUT2D eigenvalue weighted by molar-refractivity contribution is 0.625. The van der Waals surface area contributed by atoms with Crippen molar-refractivity contribution < 1.29 is 4.39 Å². The highest BCUT2D eigenvalue weighted by Gasteiger charge is 2.15. The minimum Gasteiger partial charge on any atom is -0.329 e. The van der Waals surface area contributed by atoms with Crippen LogP contribution in [-0.2, 0) is 6.42 Å². The summed E-state index contributed by atoms with van der Waals surface area (Å²) in [5.41, 5.74) is 6.64. The molecule has 1 atom stereocenters. The molecule has 0 fully saturated rings. The molecule has 96 valence electrons. The van der Waals surface area contributed by atoms with Gasteiger partial charge in [-0.3, -0.25) is 0 Å². The Balaban J connectivity index is 2.14. The summed E-state index contributed by atoms with van der Waals surface area (Å²) in [5.74, 6) is 0.607. The standard InChI is InChI=1S/C12H14FN3S2/c1-2-11-15-12(18-16-11)17-10(7-14)8-4-3-5-9(13)6-8/h3-6,10H,2,7,14H2,1H3. The molecule has 0 bridgehead atoms. The zero-order chi connectivity index (χ0) is 13.0. The predicted octanol–water partition coefficient (Wildman–Crippen LogP) is 3.03. The van der Waals surface area contributed by atoms with Crippen molar-refractivity contribution in [2.24, 2.45) is 5.73 Å². The fourth-order valence-corrected chi connectivity index (χ4v) is 3.42. The van der Waals surface area contributed by atoms with E-state index in [4.69, 9.17) is 5.73 Å². The van der Waals surface area contributed by atoms with E-state index < -0.39 is 0 Å². The second-order valence-corrected chi connectivity index (χ2v) is 5.93. The number of aryl methyl sites for hydroxylation is 1. The van der Waals surface area contributed by atoms with Crippen molar-refractivity contribution in [1.29, 1.82) is 0 Å². The van der Waals surface area contributed by atoms with Crippen LogP contribution in [0.25, 0.3) is 0 Å². The topological polar surface area (TPSA) is 51.8 Å². The Bertz CT molecular complexity index is 516. The van der Waals surface area contributed by atoms with E-state index in [-0.39, 0.29) is 11.1 Å². The van der Waals surface area contributed by atoms with E-state index in [9.17, 15) is 4.39 Å². The maximum absolute atomic E-state index is 13.2. The smallest absolute Gasteiger partial charge is 0.170 e. The summed E-state index contributed by atoms with van der Waals surface area (Å²) < 4.78 is 18.3. The van der Waals surface area contributed by atoms with E-state index in [1.807, 2.05) is 13.0 Å². The quantitative estimate of drug-likeness (QED) is 0.857. The third-order valence-electron chi connectivity index (χ3n) is 2.44. The average molecular weight is 283 g/mol. The van der Waals surface area contributed by atoms with Crippen molar-refractivity contribution >= 4 is 23.3 Å². The van der Waals surface area contributed by atoms with Crippen LogP contribution in [-0.4, -0.2) is 15.9 Å². The van der Waals surface area contributed by atoms with Gasteiger partial charge < -0.3 is 5.73 Å². The van der Waals surface area contributed by atoms with Crippen LogP contribution < -0.4 is 5.73 Å². The van der Waals surface area contributed by atoms with Crippen molar-refractivity contribution in [3.05, 3.63) is 41.5 Å². The third-order valence-corrected chi connectivity index (χ3v) is 4.55. The summed E-state index contributed by atoms with van der Waals surface area (Å²) in [6.07, 6.45) is 0.824. The summed E-state index contributed by atoms with van der Waals surface area (Å²) in [5, 5.41) is 0.0124. The maximum atomic E-state index is 13.2. The van der Waals surface area contributed by atoms with Gasteiger partial charge >= 0.3 is 0 Å². The van der Waals surface area contributed by atoms with Crippen LogP contribution in [0, 0.1) is 5.82 Å². The number of nitrogens with zero attached hydrogens (tertiary/aromatic N) is 2. The third kappa shape index (κ3) is 3.28. The highest BCUT2D eigenvalue weighted by Crippen LogP contribution is 2.35. The minimum atomic E-state index is -0.238. The molecular formula is C12H14FN3S2. The van der Waals surface area contributed by atoms with E-state index in [1.165, 1.54) is 35.4 Å². The van der Waals surface area contributed by atoms with Gasteiger partial charge in [-0.2, -0.15) is 4.37 Å². The predicted molar refractivity (Wildman–Crippen MR) is 73.3 cm³/mol. The fourth-order valence-electron chi connectivity index (χ4n) is 1.51. The van der Waals surface area contributed by atoms with Gasteiger partial charge in [0.1, 0.15) is 11.6 Å². The summed E-state index contributed by atoms with van der Waals surface area (Å²) in [7, 11) is 0. The molecule has 1 unspecified atom stereocenters. The zero-order valence-electron chi connectivity index (χ0n) is 9.97. The van der Waals surface area contributed by atoms with E-state index >= 15 is 0 Å². The molecule has 6 heteroatoms. The molecule has 1 aromatic carbocycles. The monoisotopic (exact) mass is 283 g/mol. The van der Waals surface area contributed by atoms with Gasteiger partial charge in [-0.1, -0.05) is 30.8 Å². The van der Waals surface area contributed by atoms with Gasteiger partial charge in [0.25, 0.3) is 0 Å². The Hall–Kier alpha value is -0.980. The second-order valence-electron chi connectivity index (χ2n) is 3.73. The van der Waals surface area contributed by atoms with Crippen molar-refractivity contribution in [2.75, 3.05) is 6.54 Å². The molecule has 0 aliphatic rings. The van der Waals surface area contributed by atoms with E-state index in [0.29, 0.717) is 6.54 Å². The highest BCUT2D eigenvalue weighted by molar-refractivity contribution is 8.01. The van der Waals surface area contributed by atoms with Crippen LogP contribution in [0.2, 0.25) is 0 Å². The number of rotatable bonds is 5. The summed E-state index contributed by atoms with van der Waals surface area (Å²) in [6, 6.07) is 6.54. The molecule has 0 aliphatic heterocycles. The van der Waals surface area contributed by atoms with E-state index in [0.717, 1.165) is 22.1 Å². The Morgan fingerprint density at radius 3 is 2.94 bits per heavy atom. The number of halogens is 1. The zero-order valence-corrected chi connectivity index (χ0v) is 11.6. The molecule has 0 radical (unpaired) electrons. The molecule has 0 amide bonds. The Morgan fingerprint density at radius 2 is 2.33 bits per heavy atom. The number of hydrogen-bond donors (Lipinski definition) is 1. The number of aromatic nitrogens is 2. The summed E-state index contributed by atoms with van der Waals surface area (Å²) in [6.45, 7) is 2.46. The first-order chi connectivity index (χ1) is 8.72. The van der Waals surface area contributed by atoms with Crippen LogP contribution in [0.1, 0.15) is 23.6 Å². The molecule has 0 spiro atoms. The molecule has 1 heterocycles. The molecule has 18 heavy (non-hydrogen) atoms. The molecule has 0 saturated carbocycles. The van der Waals surface area contributed by atoms with E-state index in [2.05, 4.69) is 9.36 Å². The van der Waals surface area contributed by atoms with Gasteiger partial charge in [0.05, 0.1) is 0 Å². The van der Waals surface area contributed by atoms with Gasteiger partial charge in [0.2, 0.25) is 0 Å². The Kier molecular flexibility index (Phi) is 4.68. The minimum absolute atomic E-state index is 0.0124. The largest absolute Gasteiger partial charge is 0.329 e. The van der Waals surface area contributed by atoms with Crippen molar-refractivity contribution in [3.8, 4) is 0 Å². The molecule has 0 saturated heterocycles. The van der Waals surface area contributed by atoms with Gasteiger partial charge in [-0.05, 0) is 29.2 Å². The van der Waals surface area contributed by atoms with Gasteiger partial charge in [0.15, 0.2) is 4.34 Å². The van der Waals surface area contributed by atoms with Crippen LogP contribution in [0.5, 0.6) is 0 Å². The van der Waals surface area contributed by atoms with Crippen molar-refractivity contribution in [2.45, 2.75) is 22.9 Å². The second kappa shape index (κ2) is 6.26. The lowest BCUT2D eigenvalue weighted by Crippen LogP contribution is -2.09. The highest BCUT2D eigenvalue weighted by atomic mass is 32.2. The van der Waals surface area contributed by atoms with Crippen molar-refractivity contribution in [1.82, 2.24) is 9.36 Å². The Morgan fingerprint density at radius 1 is 1.50 bits per heavy atom. The molecular weight excluding hydrogens is 269 g/mol. The van der Waals surface area contributed by atoms with Crippen molar-refractivity contribution in [3.63, 3.8) is 0 Å². The lowest BCUT2D eigenvalue weighted by Gasteiger charge is -2.12. The van der Waals surface area contributed by atoms with Crippen LogP contribution >= 0.6 is 23.3 Å². The van der Waals surface area contributed by atoms with Crippen LogP contribution in [0.3, 0.4) is 0 Å². The molecule has 0 aliphatic carbocycles. The Labute approximate surface area is 114 Å². The van der Waals surface area contributed by atoms with Gasteiger partial charge in [-0.15, -0.1) is 0 Å². The molecule has 2 aromatic rings. The fraction of sp³-hybridized carbons (Fsp3) is 0.333. The SMILES string of the molecule is CCc1nsc(SC(CN)c2cccc(F)c2)n1. The van der Waals surface area contributed by atoms with Crippen LogP contribution in [0.4, 0.5) is 4.39 Å². The number of hydrogen-bond acceptors (Lipinski definition) is 5. The molecule has 2 N–H and O–H groups in total. The molecule has 1 aromatic heterocycles. The van der Waals surface area contributed by atoms with Gasteiger partial charge in [-0.25, -0.2) is 9.37 Å². The normalized spacial score (nSPS) is 12.6. The van der Waals surface area contributed by atoms with Crippen LogP contribution in [0.15, 0.2) is 28.6 Å². The molecule has 3 nitrogen and oxygen atoms in total. The summed E-state index contributed by atoms with van der Waals surface area (Å²) >= 11 is 2.91. The molecule has 2 rings (SSSR count). The number of nitrogens with two attached hydrogens (primary N) is 1. The summed E-state index contributed by atoms with van der Waals surface area (Å²) in [4.78, 5) is 4.39. The van der Waals surface area contributed by atoms with E-state index in [1.54, 1.807) is 6.07 Å². The number of benzene rings is 1. The lowest BCUT2D eigenvalue weighted by atomic mass is 10.1. The van der Waals surface area contributed by atoms with Gasteiger partial charge in [0, 0.05) is 18.2 Å². The number of thioether (sulfide) groups is 1. The average Bonchev–Trinajstić information content (AvgIpc) is 2.83.